The van der Waals surface area contributed by atoms with Crippen LogP contribution in [0.15, 0.2) is 18.3 Å². The van der Waals surface area contributed by atoms with Crippen LogP contribution in [0.3, 0.4) is 0 Å². The number of alkyl halides is 3. The lowest BCUT2D eigenvalue weighted by Crippen LogP contribution is -2.45. The second-order valence-electron chi connectivity index (χ2n) is 4.42. The molecule has 1 aliphatic rings. The standard InChI is InChI=1S/C12H15F3N2O2/c1-8-4-16-6-10(19-8)7-18-11-3-2-9(5-17-11)12(13,14)15/h2-3,5,8,10,16H,4,6-7H2,1H3. The Labute approximate surface area is 108 Å². The molecule has 1 saturated heterocycles. The van der Waals surface area contributed by atoms with E-state index >= 15 is 0 Å². The second-order valence-corrected chi connectivity index (χ2v) is 4.42. The first-order valence-corrected chi connectivity index (χ1v) is 5.97. The normalized spacial score (nSPS) is 24.2. The minimum absolute atomic E-state index is 0.0999. The van der Waals surface area contributed by atoms with Gasteiger partial charge >= 0.3 is 6.18 Å². The summed E-state index contributed by atoms with van der Waals surface area (Å²) >= 11 is 0. The molecular formula is C12H15F3N2O2. The zero-order valence-corrected chi connectivity index (χ0v) is 10.4. The van der Waals surface area contributed by atoms with Gasteiger partial charge in [-0.1, -0.05) is 0 Å². The van der Waals surface area contributed by atoms with Crippen molar-refractivity contribution in [2.75, 3.05) is 19.7 Å². The quantitative estimate of drug-likeness (QED) is 0.915. The minimum Gasteiger partial charge on any atom is -0.475 e. The van der Waals surface area contributed by atoms with Gasteiger partial charge in [-0.05, 0) is 13.0 Å². The third-order valence-corrected chi connectivity index (χ3v) is 2.71. The van der Waals surface area contributed by atoms with Gasteiger partial charge in [-0.2, -0.15) is 13.2 Å². The van der Waals surface area contributed by atoms with Gasteiger partial charge in [0.15, 0.2) is 0 Å². The fourth-order valence-electron chi connectivity index (χ4n) is 1.78. The summed E-state index contributed by atoms with van der Waals surface area (Å²) in [5.74, 6) is 0.162. The summed E-state index contributed by atoms with van der Waals surface area (Å²) in [6.45, 7) is 3.64. The molecule has 2 heterocycles. The summed E-state index contributed by atoms with van der Waals surface area (Å²) in [4.78, 5) is 3.63. The van der Waals surface area contributed by atoms with Crippen molar-refractivity contribution in [1.82, 2.24) is 10.3 Å². The topological polar surface area (TPSA) is 43.4 Å². The molecule has 0 saturated carbocycles. The number of halogens is 3. The number of morpholine rings is 1. The molecule has 0 aromatic carbocycles. The van der Waals surface area contributed by atoms with E-state index in [0.29, 0.717) is 6.54 Å². The monoisotopic (exact) mass is 276 g/mol. The molecule has 7 heteroatoms. The third kappa shape index (κ3) is 4.07. The highest BCUT2D eigenvalue weighted by atomic mass is 19.4. The molecule has 2 rings (SSSR count). The summed E-state index contributed by atoms with van der Waals surface area (Å²) < 4.78 is 47.9. The van der Waals surface area contributed by atoms with Crippen LogP contribution in [0.4, 0.5) is 13.2 Å². The van der Waals surface area contributed by atoms with Gasteiger partial charge in [-0.3, -0.25) is 0 Å². The molecule has 0 amide bonds. The highest BCUT2D eigenvalue weighted by Crippen LogP contribution is 2.29. The Hall–Kier alpha value is -1.34. The van der Waals surface area contributed by atoms with E-state index in [0.717, 1.165) is 18.8 Å². The summed E-state index contributed by atoms with van der Waals surface area (Å²) in [6.07, 6.45) is -3.63. The van der Waals surface area contributed by atoms with Crippen molar-refractivity contribution in [3.8, 4) is 5.88 Å². The molecule has 4 nitrogen and oxygen atoms in total. The first kappa shape index (κ1) is 14.1. The van der Waals surface area contributed by atoms with Crippen molar-refractivity contribution in [2.24, 2.45) is 0 Å². The van der Waals surface area contributed by atoms with Gasteiger partial charge in [0.2, 0.25) is 5.88 Å². The maximum absolute atomic E-state index is 12.3. The molecule has 1 fully saturated rings. The lowest BCUT2D eigenvalue weighted by atomic mass is 10.2. The zero-order valence-electron chi connectivity index (χ0n) is 10.4. The average Bonchev–Trinajstić information content (AvgIpc) is 2.36. The smallest absolute Gasteiger partial charge is 0.417 e. The first-order valence-electron chi connectivity index (χ1n) is 5.97. The van der Waals surface area contributed by atoms with E-state index in [9.17, 15) is 13.2 Å². The SMILES string of the molecule is CC1CNCC(COc2ccc(C(F)(F)F)cn2)O1. The predicted molar refractivity (Wildman–Crippen MR) is 61.9 cm³/mol. The summed E-state index contributed by atoms with van der Waals surface area (Å²) in [5, 5.41) is 3.18. The average molecular weight is 276 g/mol. The van der Waals surface area contributed by atoms with Crippen LogP contribution >= 0.6 is 0 Å². The lowest BCUT2D eigenvalue weighted by molar-refractivity contribution is -0.137. The predicted octanol–water partition coefficient (Wildman–Crippen LogP) is 1.86. The van der Waals surface area contributed by atoms with Gasteiger partial charge in [-0.15, -0.1) is 0 Å². The fraction of sp³-hybridized carbons (Fsp3) is 0.583. The van der Waals surface area contributed by atoms with Crippen molar-refractivity contribution < 1.29 is 22.6 Å². The third-order valence-electron chi connectivity index (χ3n) is 2.71. The van der Waals surface area contributed by atoms with Crippen molar-refractivity contribution >= 4 is 0 Å². The molecule has 1 aromatic heterocycles. The molecule has 2 unspecified atom stereocenters. The van der Waals surface area contributed by atoms with Gasteiger partial charge in [0, 0.05) is 25.4 Å². The maximum atomic E-state index is 12.3. The second kappa shape index (κ2) is 5.75. The number of aromatic nitrogens is 1. The van der Waals surface area contributed by atoms with Gasteiger partial charge in [0.05, 0.1) is 11.7 Å². The summed E-state index contributed by atoms with van der Waals surface area (Å²) in [7, 11) is 0. The highest BCUT2D eigenvalue weighted by molar-refractivity contribution is 5.20. The van der Waals surface area contributed by atoms with Crippen molar-refractivity contribution in [1.29, 1.82) is 0 Å². The summed E-state index contributed by atoms with van der Waals surface area (Å²) in [5.41, 5.74) is -0.788. The highest BCUT2D eigenvalue weighted by Gasteiger charge is 2.30. The van der Waals surface area contributed by atoms with Gasteiger partial charge in [0.25, 0.3) is 0 Å². The van der Waals surface area contributed by atoms with Gasteiger partial charge < -0.3 is 14.8 Å². The molecule has 19 heavy (non-hydrogen) atoms. The lowest BCUT2D eigenvalue weighted by Gasteiger charge is -2.28. The molecule has 2 atom stereocenters. The first-order chi connectivity index (χ1) is 8.95. The van der Waals surface area contributed by atoms with Crippen LogP contribution in [0, 0.1) is 0 Å². The Morgan fingerprint density at radius 3 is 2.79 bits per heavy atom. The van der Waals surface area contributed by atoms with Crippen molar-refractivity contribution in [3.63, 3.8) is 0 Å². The maximum Gasteiger partial charge on any atom is 0.417 e. The van der Waals surface area contributed by atoms with Gasteiger partial charge in [0.1, 0.15) is 12.7 Å². The minimum atomic E-state index is -4.38. The molecule has 106 valence electrons. The van der Waals surface area contributed by atoms with E-state index in [2.05, 4.69) is 10.3 Å². The Morgan fingerprint density at radius 2 is 2.21 bits per heavy atom. The molecular weight excluding hydrogens is 261 g/mol. The van der Waals surface area contributed by atoms with Crippen LogP contribution in [0.25, 0.3) is 0 Å². The Balaban J connectivity index is 1.86. The molecule has 1 aliphatic heterocycles. The van der Waals surface area contributed by atoms with Crippen LogP contribution in [-0.4, -0.2) is 36.9 Å². The number of hydrogen-bond donors (Lipinski definition) is 1. The molecule has 0 radical (unpaired) electrons. The van der Waals surface area contributed by atoms with E-state index in [-0.39, 0.29) is 24.7 Å². The van der Waals surface area contributed by atoms with E-state index in [4.69, 9.17) is 9.47 Å². The van der Waals surface area contributed by atoms with E-state index in [1.165, 1.54) is 6.07 Å². The van der Waals surface area contributed by atoms with Crippen LogP contribution < -0.4 is 10.1 Å². The number of ether oxygens (including phenoxy) is 2. The molecule has 1 aromatic rings. The van der Waals surface area contributed by atoms with E-state index in [1.807, 2.05) is 6.92 Å². The van der Waals surface area contributed by atoms with Crippen LogP contribution in [0.2, 0.25) is 0 Å². The largest absolute Gasteiger partial charge is 0.475 e. The Morgan fingerprint density at radius 1 is 1.42 bits per heavy atom. The number of pyridine rings is 1. The number of nitrogens with one attached hydrogen (secondary N) is 1. The Kier molecular flexibility index (Phi) is 4.26. The zero-order chi connectivity index (χ0) is 13.9. The van der Waals surface area contributed by atoms with Crippen LogP contribution in [0.5, 0.6) is 5.88 Å². The Bertz CT molecular complexity index is 408. The van der Waals surface area contributed by atoms with Gasteiger partial charge in [-0.25, -0.2) is 4.98 Å². The van der Waals surface area contributed by atoms with E-state index < -0.39 is 11.7 Å². The van der Waals surface area contributed by atoms with Crippen molar-refractivity contribution in [3.05, 3.63) is 23.9 Å². The number of hydrogen-bond acceptors (Lipinski definition) is 4. The number of rotatable bonds is 3. The fourth-order valence-corrected chi connectivity index (χ4v) is 1.78. The van der Waals surface area contributed by atoms with E-state index in [1.54, 1.807) is 0 Å². The van der Waals surface area contributed by atoms with Crippen LogP contribution in [-0.2, 0) is 10.9 Å². The number of nitrogens with zero attached hydrogens (tertiary/aromatic N) is 1. The van der Waals surface area contributed by atoms with Crippen LogP contribution in [0.1, 0.15) is 12.5 Å². The molecule has 0 bridgehead atoms. The summed E-state index contributed by atoms with van der Waals surface area (Å²) in [6, 6.07) is 2.16. The molecule has 0 aliphatic carbocycles. The molecule has 0 spiro atoms. The van der Waals surface area contributed by atoms with Crippen molar-refractivity contribution in [2.45, 2.75) is 25.3 Å². The molecule has 1 N–H and O–H groups in total.